The molecule has 27 heavy (non-hydrogen) atoms. The molecule has 7 heteroatoms. The number of ether oxygens (including phenoxy) is 1. The molecule has 3 rings (SSSR count). The van der Waals surface area contributed by atoms with Gasteiger partial charge in [-0.05, 0) is 38.1 Å². The number of hydrogen-bond acceptors (Lipinski definition) is 5. The summed E-state index contributed by atoms with van der Waals surface area (Å²) in [6, 6.07) is 7.30. The van der Waals surface area contributed by atoms with Crippen molar-refractivity contribution < 1.29 is 23.3 Å². The molecule has 0 saturated carbocycles. The minimum Gasteiger partial charge on any atom is -0.487 e. The van der Waals surface area contributed by atoms with Gasteiger partial charge in [0.15, 0.2) is 11.3 Å². The normalized spacial score (nSPS) is 12.8. The van der Waals surface area contributed by atoms with E-state index in [1.165, 1.54) is 24.3 Å². The highest BCUT2D eigenvalue weighted by molar-refractivity contribution is 7.85. The third-order valence-corrected chi connectivity index (χ3v) is 5.54. The molecule has 0 fully saturated rings. The molecule has 3 aromatic rings. The van der Waals surface area contributed by atoms with E-state index in [4.69, 9.17) is 9.15 Å². The monoisotopic (exact) mass is 388 g/mol. The number of carboxylic acid groups (broad SMARTS) is 1. The molecular weight excluding hydrogens is 368 g/mol. The van der Waals surface area contributed by atoms with E-state index in [-0.39, 0.29) is 44.3 Å². The summed E-state index contributed by atoms with van der Waals surface area (Å²) in [5, 5.41) is 9.41. The highest BCUT2D eigenvalue weighted by atomic mass is 32.2. The first kappa shape index (κ1) is 19.1. The number of rotatable bonds is 5. The van der Waals surface area contributed by atoms with E-state index in [0.29, 0.717) is 10.6 Å². The Bertz CT molecular complexity index is 1130. The van der Waals surface area contributed by atoms with Crippen molar-refractivity contribution >= 4 is 38.7 Å². The fourth-order valence-electron chi connectivity index (χ4n) is 2.77. The lowest BCUT2D eigenvalue weighted by Crippen LogP contribution is -2.11. The summed E-state index contributed by atoms with van der Waals surface area (Å²) in [6.07, 6.45) is -0.175. The van der Waals surface area contributed by atoms with Crippen LogP contribution in [-0.2, 0) is 10.8 Å². The molecule has 0 spiro atoms. The van der Waals surface area contributed by atoms with Crippen LogP contribution in [0.2, 0.25) is 0 Å². The lowest BCUT2D eigenvalue weighted by atomic mass is 10.1. The van der Waals surface area contributed by atoms with Crippen LogP contribution in [0.4, 0.5) is 0 Å². The molecule has 1 N–H and O–H groups in total. The molecule has 2 aromatic carbocycles. The van der Waals surface area contributed by atoms with Crippen LogP contribution in [0.1, 0.15) is 38.1 Å². The summed E-state index contributed by atoms with van der Waals surface area (Å²) in [5.41, 5.74) is 0.137. The van der Waals surface area contributed by atoms with Crippen LogP contribution in [0.15, 0.2) is 44.4 Å². The van der Waals surface area contributed by atoms with E-state index in [0.717, 1.165) is 0 Å². The highest BCUT2D eigenvalue weighted by Gasteiger charge is 2.19. The maximum atomic E-state index is 13.0. The Hall–Kier alpha value is -2.67. The number of carbonyl (C=O) groups is 1. The molecule has 1 aromatic heterocycles. The van der Waals surface area contributed by atoms with E-state index >= 15 is 0 Å². The summed E-state index contributed by atoms with van der Waals surface area (Å²) in [5.74, 6) is -0.789. The van der Waals surface area contributed by atoms with Gasteiger partial charge in [0.25, 0.3) is 0 Å². The second-order valence-corrected chi connectivity index (χ2v) is 8.77. The third kappa shape index (κ3) is 3.60. The molecule has 1 atom stereocenters. The van der Waals surface area contributed by atoms with Crippen molar-refractivity contribution in [3.05, 3.63) is 46.1 Å². The Balaban J connectivity index is 2.40. The van der Waals surface area contributed by atoms with Crippen molar-refractivity contribution in [3.63, 3.8) is 0 Å². The van der Waals surface area contributed by atoms with Gasteiger partial charge in [0.05, 0.1) is 33.2 Å². The minimum absolute atomic E-state index is 0.00489. The van der Waals surface area contributed by atoms with Gasteiger partial charge in [-0.15, -0.1) is 0 Å². The van der Waals surface area contributed by atoms with E-state index in [1.54, 1.807) is 6.07 Å². The molecule has 1 unspecified atom stereocenters. The third-order valence-electron chi connectivity index (χ3n) is 3.98. The van der Waals surface area contributed by atoms with Crippen LogP contribution in [0.25, 0.3) is 21.9 Å². The Morgan fingerprint density at radius 1 is 1.11 bits per heavy atom. The van der Waals surface area contributed by atoms with Crippen molar-refractivity contribution in [3.8, 4) is 5.75 Å². The average molecular weight is 388 g/mol. The number of benzene rings is 2. The van der Waals surface area contributed by atoms with Crippen molar-refractivity contribution in [2.45, 2.75) is 43.9 Å². The Morgan fingerprint density at radius 3 is 2.41 bits per heavy atom. The second kappa shape index (κ2) is 7.15. The van der Waals surface area contributed by atoms with Crippen molar-refractivity contribution in [1.82, 2.24) is 0 Å². The standard InChI is InChI=1S/C20H20O6S/c1-10(2)25-17-9-13(27(24)11(3)4)8-15-18(21)14-7-12(20(22)23)5-6-16(14)26-19(15)17/h5-11H,1-4H3,(H,22,23). The van der Waals surface area contributed by atoms with Gasteiger partial charge < -0.3 is 14.3 Å². The van der Waals surface area contributed by atoms with Crippen molar-refractivity contribution in [2.75, 3.05) is 0 Å². The van der Waals surface area contributed by atoms with Crippen LogP contribution in [0.3, 0.4) is 0 Å². The van der Waals surface area contributed by atoms with Gasteiger partial charge in [-0.3, -0.25) is 9.00 Å². The number of hydrogen-bond donors (Lipinski definition) is 1. The van der Waals surface area contributed by atoms with Gasteiger partial charge in [0.2, 0.25) is 5.43 Å². The summed E-state index contributed by atoms with van der Waals surface area (Å²) in [6.45, 7) is 7.34. The molecule has 0 saturated heterocycles. The molecular formula is C20H20O6S. The van der Waals surface area contributed by atoms with Gasteiger partial charge in [0.1, 0.15) is 5.58 Å². The molecule has 0 radical (unpaired) electrons. The predicted molar refractivity (Wildman–Crippen MR) is 104 cm³/mol. The van der Waals surface area contributed by atoms with Crippen LogP contribution < -0.4 is 10.2 Å². The largest absolute Gasteiger partial charge is 0.487 e. The molecule has 0 aliphatic rings. The van der Waals surface area contributed by atoms with E-state index in [2.05, 4.69) is 0 Å². The van der Waals surface area contributed by atoms with Crippen molar-refractivity contribution in [1.29, 1.82) is 0 Å². The lowest BCUT2D eigenvalue weighted by Gasteiger charge is -2.14. The van der Waals surface area contributed by atoms with Crippen LogP contribution in [-0.4, -0.2) is 26.6 Å². The average Bonchev–Trinajstić information content (AvgIpc) is 2.60. The molecule has 0 aliphatic heterocycles. The maximum Gasteiger partial charge on any atom is 0.335 e. The molecule has 0 aliphatic carbocycles. The van der Waals surface area contributed by atoms with Crippen LogP contribution in [0, 0.1) is 0 Å². The SMILES string of the molecule is CC(C)Oc1cc(S(=O)C(C)C)cc2c(=O)c3cc(C(=O)O)ccc3oc12. The summed E-state index contributed by atoms with van der Waals surface area (Å²) in [7, 11) is -1.32. The second-order valence-electron chi connectivity index (χ2n) is 6.76. The Kier molecular flexibility index (Phi) is 5.06. The number of aromatic carboxylic acids is 1. The molecule has 0 bridgehead atoms. The van der Waals surface area contributed by atoms with Gasteiger partial charge in [-0.2, -0.15) is 0 Å². The number of fused-ring (bicyclic) bond motifs is 2. The smallest absolute Gasteiger partial charge is 0.335 e. The zero-order valence-corrected chi connectivity index (χ0v) is 16.3. The fraction of sp³-hybridized carbons (Fsp3) is 0.300. The molecule has 142 valence electrons. The first-order valence-electron chi connectivity index (χ1n) is 8.54. The van der Waals surface area contributed by atoms with E-state index in [1.807, 2.05) is 27.7 Å². The van der Waals surface area contributed by atoms with E-state index in [9.17, 15) is 18.9 Å². The zero-order valence-electron chi connectivity index (χ0n) is 15.4. The first-order chi connectivity index (χ1) is 12.7. The number of carboxylic acids is 1. The van der Waals surface area contributed by atoms with E-state index < -0.39 is 16.8 Å². The summed E-state index contributed by atoms with van der Waals surface area (Å²) < 4.78 is 24.3. The summed E-state index contributed by atoms with van der Waals surface area (Å²) >= 11 is 0. The van der Waals surface area contributed by atoms with Crippen molar-refractivity contribution in [2.24, 2.45) is 0 Å². The Labute approximate surface area is 158 Å². The quantitative estimate of drug-likeness (QED) is 0.665. The van der Waals surface area contributed by atoms with Crippen LogP contribution in [0.5, 0.6) is 5.75 Å². The van der Waals surface area contributed by atoms with Crippen LogP contribution >= 0.6 is 0 Å². The summed E-state index contributed by atoms with van der Waals surface area (Å²) in [4.78, 5) is 24.7. The topological polar surface area (TPSA) is 93.8 Å². The Morgan fingerprint density at radius 2 is 1.81 bits per heavy atom. The zero-order chi connectivity index (χ0) is 19.9. The highest BCUT2D eigenvalue weighted by Crippen LogP contribution is 2.31. The van der Waals surface area contributed by atoms with Gasteiger partial charge in [-0.1, -0.05) is 13.8 Å². The lowest BCUT2D eigenvalue weighted by molar-refractivity contribution is 0.0697. The maximum absolute atomic E-state index is 13.0. The first-order valence-corrected chi connectivity index (χ1v) is 9.75. The minimum atomic E-state index is -1.32. The molecule has 1 heterocycles. The molecule has 0 amide bonds. The van der Waals surface area contributed by atoms with Gasteiger partial charge >= 0.3 is 5.97 Å². The van der Waals surface area contributed by atoms with Gasteiger partial charge in [0, 0.05) is 16.2 Å². The predicted octanol–water partition coefficient (Wildman–Crippen LogP) is 3.95. The molecule has 6 nitrogen and oxygen atoms in total. The van der Waals surface area contributed by atoms with Gasteiger partial charge in [-0.25, -0.2) is 4.79 Å². The fourth-order valence-corrected chi connectivity index (χ4v) is 3.77.